The maximum Gasteiger partial charge on any atom is 0.253 e. The molecule has 2 aromatic carbocycles. The molecule has 28 heavy (non-hydrogen) atoms. The molecule has 2 amide bonds. The van der Waals surface area contributed by atoms with Gasteiger partial charge in [0.15, 0.2) is 4.34 Å². The first-order valence-electron chi connectivity index (χ1n) is 8.82. The van der Waals surface area contributed by atoms with Gasteiger partial charge >= 0.3 is 0 Å². The van der Waals surface area contributed by atoms with Crippen molar-refractivity contribution in [2.45, 2.75) is 24.2 Å². The first-order valence-corrected chi connectivity index (χ1v) is 10.7. The van der Waals surface area contributed by atoms with Crippen LogP contribution in [0, 0.1) is 6.92 Å². The van der Waals surface area contributed by atoms with Gasteiger partial charge in [-0.3, -0.25) is 9.59 Å². The van der Waals surface area contributed by atoms with Crippen LogP contribution in [0.25, 0.3) is 0 Å². The van der Waals surface area contributed by atoms with E-state index in [0.29, 0.717) is 11.3 Å². The molecule has 1 aromatic heterocycles. The smallest absolute Gasteiger partial charge is 0.253 e. The topological polar surface area (TPSA) is 71.1 Å². The fourth-order valence-corrected chi connectivity index (χ4v) is 4.25. The third-order valence-corrected chi connectivity index (χ3v) is 6.16. The lowest BCUT2D eigenvalue weighted by atomic mass is 10.1. The number of para-hydroxylation sites is 1. The number of anilines is 1. The Labute approximate surface area is 172 Å². The number of hydrogen-bond donors (Lipinski definition) is 2. The molecule has 3 aromatic rings. The Morgan fingerprint density at radius 2 is 1.82 bits per heavy atom. The van der Waals surface area contributed by atoms with Crippen molar-refractivity contribution in [1.29, 1.82) is 0 Å². The second-order valence-corrected chi connectivity index (χ2v) is 8.32. The fourth-order valence-electron chi connectivity index (χ4n) is 2.60. The summed E-state index contributed by atoms with van der Waals surface area (Å²) in [6, 6.07) is 16.6. The summed E-state index contributed by atoms with van der Waals surface area (Å²) >= 11 is 2.90. The van der Waals surface area contributed by atoms with Crippen LogP contribution >= 0.6 is 23.1 Å². The molecule has 2 N–H and O–H groups in total. The number of thioether (sulfide) groups is 1. The highest BCUT2D eigenvalue weighted by molar-refractivity contribution is 8.01. The molecule has 0 saturated heterocycles. The number of aryl methyl sites for hydroxylation is 1. The maximum atomic E-state index is 12.7. The summed E-state index contributed by atoms with van der Waals surface area (Å²) in [5.41, 5.74) is 2.91. The van der Waals surface area contributed by atoms with E-state index in [1.165, 1.54) is 23.1 Å². The average Bonchev–Trinajstić information content (AvgIpc) is 3.12. The SMILES string of the molecule is Cc1csc(SCC(=O)Nc2ccccc2C(=O)N[C@@H](C)c2ccccc2)n1. The summed E-state index contributed by atoms with van der Waals surface area (Å²) in [7, 11) is 0. The van der Waals surface area contributed by atoms with Crippen molar-refractivity contribution in [2.75, 3.05) is 11.1 Å². The number of carbonyl (C=O) groups excluding carboxylic acids is 2. The van der Waals surface area contributed by atoms with E-state index in [2.05, 4.69) is 15.6 Å². The third-order valence-electron chi connectivity index (χ3n) is 4.02. The zero-order valence-corrected chi connectivity index (χ0v) is 17.3. The lowest BCUT2D eigenvalue weighted by molar-refractivity contribution is -0.113. The van der Waals surface area contributed by atoms with Gasteiger partial charge in [0.2, 0.25) is 5.91 Å². The number of nitrogens with zero attached hydrogens (tertiary/aromatic N) is 1. The minimum absolute atomic E-state index is 0.138. The van der Waals surface area contributed by atoms with E-state index in [-0.39, 0.29) is 23.6 Å². The number of thiazole rings is 1. The Morgan fingerprint density at radius 1 is 1.11 bits per heavy atom. The largest absolute Gasteiger partial charge is 0.345 e. The van der Waals surface area contributed by atoms with Gasteiger partial charge in [-0.05, 0) is 31.5 Å². The summed E-state index contributed by atoms with van der Waals surface area (Å²) < 4.78 is 0.857. The van der Waals surface area contributed by atoms with E-state index in [9.17, 15) is 9.59 Å². The number of rotatable bonds is 7. The Morgan fingerprint density at radius 3 is 2.54 bits per heavy atom. The number of hydrogen-bond acceptors (Lipinski definition) is 5. The Kier molecular flexibility index (Phi) is 6.84. The van der Waals surface area contributed by atoms with Gasteiger partial charge < -0.3 is 10.6 Å². The molecule has 5 nitrogen and oxygen atoms in total. The van der Waals surface area contributed by atoms with Gasteiger partial charge in [-0.2, -0.15) is 0 Å². The lowest BCUT2D eigenvalue weighted by Crippen LogP contribution is -2.28. The first kappa shape index (κ1) is 20.1. The van der Waals surface area contributed by atoms with Crippen LogP contribution in [0.3, 0.4) is 0 Å². The van der Waals surface area contributed by atoms with Crippen molar-refractivity contribution in [3.8, 4) is 0 Å². The van der Waals surface area contributed by atoms with Crippen LogP contribution in [0.1, 0.15) is 34.6 Å². The molecule has 1 atom stereocenters. The van der Waals surface area contributed by atoms with Crippen LogP contribution < -0.4 is 10.6 Å². The Bertz CT molecular complexity index is 957. The van der Waals surface area contributed by atoms with Crippen LogP contribution in [0.5, 0.6) is 0 Å². The summed E-state index contributed by atoms with van der Waals surface area (Å²) in [5.74, 6) is -0.159. The molecule has 0 spiro atoms. The van der Waals surface area contributed by atoms with Crippen LogP contribution in [0.4, 0.5) is 5.69 Å². The number of amides is 2. The van der Waals surface area contributed by atoms with Gasteiger partial charge in [0.05, 0.1) is 23.0 Å². The molecule has 0 saturated carbocycles. The van der Waals surface area contributed by atoms with Gasteiger partial charge in [-0.1, -0.05) is 54.2 Å². The predicted molar refractivity (Wildman–Crippen MR) is 115 cm³/mol. The van der Waals surface area contributed by atoms with Crippen LogP contribution in [0.15, 0.2) is 64.3 Å². The molecular weight excluding hydrogens is 390 g/mol. The lowest BCUT2D eigenvalue weighted by Gasteiger charge is -2.16. The molecule has 0 radical (unpaired) electrons. The molecular formula is C21H21N3O2S2. The fraction of sp³-hybridized carbons (Fsp3) is 0.190. The van der Waals surface area contributed by atoms with Crippen molar-refractivity contribution in [1.82, 2.24) is 10.3 Å². The highest BCUT2D eigenvalue weighted by Crippen LogP contribution is 2.23. The van der Waals surface area contributed by atoms with E-state index in [4.69, 9.17) is 0 Å². The second-order valence-electron chi connectivity index (χ2n) is 6.24. The van der Waals surface area contributed by atoms with E-state index in [0.717, 1.165) is 15.6 Å². The Balaban J connectivity index is 1.63. The standard InChI is InChI=1S/C21H21N3O2S2/c1-14-12-27-21(22-14)28-13-19(25)24-18-11-7-6-10-17(18)20(26)23-15(2)16-8-4-3-5-9-16/h3-12,15H,13H2,1-2H3,(H,23,26)(H,24,25)/t15-/m0/s1. The van der Waals surface area contributed by atoms with Crippen LogP contribution in [-0.2, 0) is 4.79 Å². The van der Waals surface area contributed by atoms with Crippen LogP contribution in [-0.4, -0.2) is 22.6 Å². The number of nitrogens with one attached hydrogen (secondary N) is 2. The highest BCUT2D eigenvalue weighted by atomic mass is 32.2. The zero-order valence-electron chi connectivity index (χ0n) is 15.6. The van der Waals surface area contributed by atoms with Crippen LogP contribution in [0.2, 0.25) is 0 Å². The van der Waals surface area contributed by atoms with Crippen molar-refractivity contribution >= 4 is 40.6 Å². The molecule has 7 heteroatoms. The zero-order chi connectivity index (χ0) is 19.9. The average molecular weight is 412 g/mol. The van der Waals surface area contributed by atoms with Crippen molar-refractivity contribution < 1.29 is 9.59 Å². The third kappa shape index (κ3) is 5.43. The minimum atomic E-state index is -0.226. The summed E-state index contributed by atoms with van der Waals surface area (Å²) in [6.45, 7) is 3.85. The molecule has 0 bridgehead atoms. The molecule has 0 aliphatic heterocycles. The molecule has 0 unspecified atom stereocenters. The number of benzene rings is 2. The number of aromatic nitrogens is 1. The van der Waals surface area contributed by atoms with Gasteiger partial charge in [0, 0.05) is 11.1 Å². The second kappa shape index (κ2) is 9.52. The van der Waals surface area contributed by atoms with Crippen molar-refractivity contribution in [2.24, 2.45) is 0 Å². The van der Waals surface area contributed by atoms with Crippen molar-refractivity contribution in [3.63, 3.8) is 0 Å². The van der Waals surface area contributed by atoms with Gasteiger partial charge in [0.25, 0.3) is 5.91 Å². The molecule has 144 valence electrons. The molecule has 1 heterocycles. The minimum Gasteiger partial charge on any atom is -0.345 e. The Hall–Kier alpha value is -2.64. The summed E-state index contributed by atoms with van der Waals surface area (Å²) in [5, 5.41) is 7.77. The summed E-state index contributed by atoms with van der Waals surface area (Å²) in [6.07, 6.45) is 0. The van der Waals surface area contributed by atoms with Gasteiger partial charge in [-0.15, -0.1) is 11.3 Å². The van der Waals surface area contributed by atoms with Gasteiger partial charge in [0.1, 0.15) is 0 Å². The van der Waals surface area contributed by atoms with Gasteiger partial charge in [-0.25, -0.2) is 4.98 Å². The number of carbonyl (C=O) groups is 2. The van der Waals surface area contributed by atoms with E-state index < -0.39 is 0 Å². The molecule has 0 aliphatic rings. The van der Waals surface area contributed by atoms with E-state index >= 15 is 0 Å². The molecule has 3 rings (SSSR count). The first-order chi connectivity index (χ1) is 13.5. The molecule has 0 fully saturated rings. The predicted octanol–water partition coefficient (Wildman–Crippen LogP) is 4.67. The highest BCUT2D eigenvalue weighted by Gasteiger charge is 2.16. The van der Waals surface area contributed by atoms with Crippen molar-refractivity contribution in [3.05, 3.63) is 76.8 Å². The van der Waals surface area contributed by atoms with E-state index in [1.54, 1.807) is 24.3 Å². The quantitative estimate of drug-likeness (QED) is 0.554. The monoisotopic (exact) mass is 411 g/mol. The maximum absolute atomic E-state index is 12.7. The summed E-state index contributed by atoms with van der Waals surface area (Å²) in [4.78, 5) is 29.4. The van der Waals surface area contributed by atoms with E-state index in [1.807, 2.05) is 49.6 Å². The molecule has 0 aliphatic carbocycles. The normalized spacial score (nSPS) is 11.6.